The summed E-state index contributed by atoms with van der Waals surface area (Å²) in [6.45, 7) is 1.89. The van der Waals surface area contributed by atoms with Crippen LogP contribution >= 0.6 is 0 Å². The Balaban J connectivity index is 1.19. The second-order valence-electron chi connectivity index (χ2n) is 11.2. The molecule has 1 saturated carbocycles. The number of ether oxygens (including phenoxy) is 1. The summed E-state index contributed by atoms with van der Waals surface area (Å²) in [5.74, 6) is -2.00. The second-order valence-corrected chi connectivity index (χ2v) is 11.2. The van der Waals surface area contributed by atoms with E-state index in [2.05, 4.69) is 0 Å². The van der Waals surface area contributed by atoms with Crippen LogP contribution in [-0.2, 0) is 17.3 Å². The van der Waals surface area contributed by atoms with Crippen molar-refractivity contribution < 1.29 is 26.7 Å². The molecule has 0 spiro atoms. The molecule has 4 aromatic carbocycles. The van der Waals surface area contributed by atoms with Crippen LogP contribution in [-0.4, -0.2) is 6.10 Å². The zero-order chi connectivity index (χ0) is 31.3. The summed E-state index contributed by atoms with van der Waals surface area (Å²) >= 11 is 0. The molecule has 2 nitrogen and oxygen atoms in total. The normalized spacial score (nSPS) is 17.1. The SMILES string of the molecule is CC=CCCc1ccc(C(F)(F)OC2CCC(c3ccc(-c4ccc(-c5ccc(C#N)c(F)c5)c(F)c4)cc3)CC2)c(F)c1. The lowest BCUT2D eigenvalue weighted by Crippen LogP contribution is -2.30. The van der Waals surface area contributed by atoms with Crippen molar-refractivity contribution in [1.29, 1.82) is 5.26 Å². The minimum absolute atomic E-state index is 0.0998. The summed E-state index contributed by atoms with van der Waals surface area (Å²) in [6, 6.07) is 22.0. The predicted octanol–water partition coefficient (Wildman–Crippen LogP) is 10.6. The molecule has 0 amide bonds. The smallest absolute Gasteiger partial charge is 0.313 e. The van der Waals surface area contributed by atoms with Gasteiger partial charge in [-0.15, -0.1) is 0 Å². The lowest BCUT2D eigenvalue weighted by Gasteiger charge is -2.31. The highest BCUT2D eigenvalue weighted by molar-refractivity contribution is 5.71. The van der Waals surface area contributed by atoms with Crippen molar-refractivity contribution in [2.45, 2.75) is 63.6 Å². The first-order chi connectivity index (χ1) is 21.2. The van der Waals surface area contributed by atoms with Crippen LogP contribution in [0.25, 0.3) is 22.3 Å². The van der Waals surface area contributed by atoms with Crippen molar-refractivity contribution >= 4 is 0 Å². The molecule has 0 aromatic heterocycles. The van der Waals surface area contributed by atoms with Crippen molar-refractivity contribution in [3.05, 3.63) is 131 Å². The molecular formula is C37H32F5NO. The van der Waals surface area contributed by atoms with E-state index in [1.165, 1.54) is 24.3 Å². The monoisotopic (exact) mass is 601 g/mol. The minimum atomic E-state index is -3.72. The van der Waals surface area contributed by atoms with E-state index in [1.807, 2.05) is 43.3 Å². The quantitative estimate of drug-likeness (QED) is 0.141. The highest BCUT2D eigenvalue weighted by atomic mass is 19.3. The topological polar surface area (TPSA) is 33.0 Å². The number of rotatable bonds is 9. The average Bonchev–Trinajstić information content (AvgIpc) is 3.01. The maximum absolute atomic E-state index is 15.0. The van der Waals surface area contributed by atoms with Crippen molar-refractivity contribution in [3.63, 3.8) is 0 Å². The van der Waals surface area contributed by atoms with Crippen LogP contribution in [0.3, 0.4) is 0 Å². The van der Waals surface area contributed by atoms with Crippen molar-refractivity contribution in [1.82, 2.24) is 0 Å². The van der Waals surface area contributed by atoms with Gasteiger partial charge in [0, 0.05) is 5.56 Å². The van der Waals surface area contributed by atoms with Gasteiger partial charge in [-0.3, -0.25) is 0 Å². The number of allylic oxidation sites excluding steroid dienone is 2. The van der Waals surface area contributed by atoms with E-state index in [0.717, 1.165) is 29.3 Å². The van der Waals surface area contributed by atoms with Crippen LogP contribution in [0.15, 0.2) is 91.0 Å². The Morgan fingerprint density at radius 3 is 2.11 bits per heavy atom. The Morgan fingerprint density at radius 1 is 0.795 bits per heavy atom. The Morgan fingerprint density at radius 2 is 1.48 bits per heavy atom. The number of halogens is 5. The van der Waals surface area contributed by atoms with Gasteiger partial charge in [0.25, 0.3) is 0 Å². The van der Waals surface area contributed by atoms with E-state index >= 15 is 0 Å². The van der Waals surface area contributed by atoms with Gasteiger partial charge in [-0.2, -0.15) is 14.0 Å². The summed E-state index contributed by atoms with van der Waals surface area (Å²) in [6.07, 6.45) is 2.87. The van der Waals surface area contributed by atoms with Gasteiger partial charge in [-0.1, -0.05) is 60.7 Å². The fourth-order valence-electron chi connectivity index (χ4n) is 5.80. The summed E-state index contributed by atoms with van der Waals surface area (Å²) < 4.78 is 78.6. The van der Waals surface area contributed by atoms with Crippen LogP contribution in [0.2, 0.25) is 0 Å². The number of nitrogens with zero attached hydrogens (tertiary/aromatic N) is 1. The molecule has 0 aliphatic heterocycles. The third-order valence-corrected chi connectivity index (χ3v) is 8.26. The first kappa shape index (κ1) is 31.2. The highest BCUT2D eigenvalue weighted by Crippen LogP contribution is 2.40. The van der Waals surface area contributed by atoms with Crippen molar-refractivity contribution in [2.75, 3.05) is 0 Å². The molecule has 0 atom stereocenters. The molecule has 44 heavy (non-hydrogen) atoms. The number of alkyl halides is 2. The molecule has 226 valence electrons. The molecular weight excluding hydrogens is 569 g/mol. The summed E-state index contributed by atoms with van der Waals surface area (Å²) in [5, 5.41) is 8.92. The predicted molar refractivity (Wildman–Crippen MR) is 161 cm³/mol. The lowest BCUT2D eigenvalue weighted by atomic mass is 9.82. The third kappa shape index (κ3) is 7.09. The average molecular weight is 602 g/mol. The molecule has 0 heterocycles. The lowest BCUT2D eigenvalue weighted by molar-refractivity contribution is -0.278. The summed E-state index contributed by atoms with van der Waals surface area (Å²) in [7, 11) is 0. The van der Waals surface area contributed by atoms with E-state index in [4.69, 9.17) is 10.00 Å². The van der Waals surface area contributed by atoms with Gasteiger partial charge in [-0.25, -0.2) is 13.2 Å². The van der Waals surface area contributed by atoms with Crippen molar-refractivity contribution in [3.8, 4) is 28.3 Å². The molecule has 4 aromatic rings. The van der Waals surface area contributed by atoms with E-state index in [9.17, 15) is 22.0 Å². The molecule has 1 fully saturated rings. The van der Waals surface area contributed by atoms with E-state index in [-0.39, 0.29) is 17.0 Å². The number of nitriles is 1. The van der Waals surface area contributed by atoms with E-state index < -0.39 is 35.2 Å². The summed E-state index contributed by atoms with van der Waals surface area (Å²) in [5.41, 5.74) is 2.92. The van der Waals surface area contributed by atoms with Crippen LogP contribution in [0.5, 0.6) is 0 Å². The van der Waals surface area contributed by atoms with Crippen LogP contribution < -0.4 is 0 Å². The first-order valence-electron chi connectivity index (χ1n) is 14.7. The molecule has 0 radical (unpaired) electrons. The zero-order valence-electron chi connectivity index (χ0n) is 24.3. The summed E-state index contributed by atoms with van der Waals surface area (Å²) in [4.78, 5) is 0. The fraction of sp³-hybridized carbons (Fsp3) is 0.270. The van der Waals surface area contributed by atoms with Gasteiger partial charge < -0.3 is 4.74 Å². The van der Waals surface area contributed by atoms with Crippen LogP contribution in [0.1, 0.15) is 67.2 Å². The van der Waals surface area contributed by atoms with Gasteiger partial charge in [0.15, 0.2) is 0 Å². The van der Waals surface area contributed by atoms with Crippen LogP contribution in [0.4, 0.5) is 22.0 Å². The van der Waals surface area contributed by atoms with Gasteiger partial charge in [-0.05, 0) is 110 Å². The third-order valence-electron chi connectivity index (χ3n) is 8.26. The van der Waals surface area contributed by atoms with Gasteiger partial charge >= 0.3 is 6.11 Å². The van der Waals surface area contributed by atoms with Crippen molar-refractivity contribution in [2.24, 2.45) is 0 Å². The number of aryl methyl sites for hydroxylation is 1. The molecule has 1 aliphatic carbocycles. The number of hydrogen-bond acceptors (Lipinski definition) is 2. The number of benzene rings is 4. The molecule has 5 rings (SSSR count). The van der Waals surface area contributed by atoms with Gasteiger partial charge in [0.05, 0.1) is 17.2 Å². The highest BCUT2D eigenvalue weighted by Gasteiger charge is 2.40. The molecule has 0 N–H and O–H groups in total. The molecule has 0 unspecified atom stereocenters. The largest absolute Gasteiger partial charge is 0.386 e. The molecule has 1 aliphatic rings. The van der Waals surface area contributed by atoms with E-state index in [0.29, 0.717) is 55.2 Å². The maximum Gasteiger partial charge on any atom is 0.386 e. The Labute approximate surface area is 254 Å². The first-order valence-corrected chi connectivity index (χ1v) is 14.7. The van der Waals surface area contributed by atoms with Crippen LogP contribution in [0, 0.1) is 28.8 Å². The molecule has 0 saturated heterocycles. The second kappa shape index (κ2) is 13.6. The van der Waals surface area contributed by atoms with E-state index in [1.54, 1.807) is 18.2 Å². The Hall–Kier alpha value is -4.28. The fourth-order valence-corrected chi connectivity index (χ4v) is 5.80. The standard InChI is InChI=1S/C37H32F5NO/c1-2-3-4-5-24-6-19-33(36(40)20-24)37(41,42)44-31-16-13-26(14-17-31)25-7-9-27(10-8-25)28-15-18-32(35(39)21-28)29-11-12-30(23-43)34(38)22-29/h2-3,6-12,15,18-22,26,31H,4-5,13-14,16-17H2,1H3. The zero-order valence-corrected chi connectivity index (χ0v) is 24.3. The Bertz CT molecular complexity index is 1680. The Kier molecular flexibility index (Phi) is 9.61. The molecule has 7 heteroatoms. The maximum atomic E-state index is 15.0. The van der Waals surface area contributed by atoms with Gasteiger partial charge in [0.2, 0.25) is 0 Å². The molecule has 0 bridgehead atoms. The van der Waals surface area contributed by atoms with Gasteiger partial charge in [0.1, 0.15) is 23.5 Å². The number of hydrogen-bond donors (Lipinski definition) is 0. The minimum Gasteiger partial charge on any atom is -0.313 e.